The van der Waals surface area contributed by atoms with Crippen molar-refractivity contribution in [2.24, 2.45) is 0 Å². The first-order chi connectivity index (χ1) is 7.59. The predicted octanol–water partition coefficient (Wildman–Crippen LogP) is 3.07. The fourth-order valence-electron chi connectivity index (χ4n) is 1.33. The van der Waals surface area contributed by atoms with E-state index in [1.54, 1.807) is 18.3 Å². The molecule has 0 saturated heterocycles. The number of anilines is 1. The van der Waals surface area contributed by atoms with Crippen LogP contribution in [0.4, 0.5) is 10.2 Å². The molecule has 2 N–H and O–H groups in total. The van der Waals surface area contributed by atoms with Crippen molar-refractivity contribution < 1.29 is 4.39 Å². The van der Waals surface area contributed by atoms with Gasteiger partial charge < -0.3 is 5.73 Å². The number of benzene rings is 1. The Kier molecular flexibility index (Phi) is 3.16. The number of rotatable bonds is 2. The van der Waals surface area contributed by atoms with E-state index in [4.69, 9.17) is 17.3 Å². The van der Waals surface area contributed by atoms with Gasteiger partial charge in [-0.15, -0.1) is 0 Å². The average Bonchev–Trinajstić information content (AvgIpc) is 2.55. The van der Waals surface area contributed by atoms with Crippen molar-refractivity contribution in [2.75, 3.05) is 5.73 Å². The molecule has 3 nitrogen and oxygen atoms in total. The summed E-state index contributed by atoms with van der Waals surface area (Å²) in [6, 6.07) is 4.55. The summed E-state index contributed by atoms with van der Waals surface area (Å²) in [6.07, 6.45) is 1.56. The van der Waals surface area contributed by atoms with Crippen molar-refractivity contribution in [1.82, 2.24) is 9.78 Å². The monoisotopic (exact) mass is 303 g/mol. The molecule has 0 amide bonds. The van der Waals surface area contributed by atoms with E-state index >= 15 is 0 Å². The third-order valence-corrected chi connectivity index (χ3v) is 3.17. The lowest BCUT2D eigenvalue weighted by atomic mass is 10.2. The zero-order valence-corrected chi connectivity index (χ0v) is 10.5. The van der Waals surface area contributed by atoms with Gasteiger partial charge in [-0.1, -0.05) is 17.7 Å². The SMILES string of the molecule is Nc1c(Br)cnn1Cc1c(F)cccc1Cl. The molecule has 6 heteroatoms. The predicted molar refractivity (Wildman–Crippen MR) is 64.9 cm³/mol. The van der Waals surface area contributed by atoms with Gasteiger partial charge in [0.15, 0.2) is 0 Å². The normalized spacial score (nSPS) is 10.7. The highest BCUT2D eigenvalue weighted by molar-refractivity contribution is 9.10. The minimum atomic E-state index is -0.362. The first-order valence-electron chi connectivity index (χ1n) is 4.49. The summed E-state index contributed by atoms with van der Waals surface area (Å²) >= 11 is 9.14. The Morgan fingerprint density at radius 3 is 2.81 bits per heavy atom. The fraction of sp³-hybridized carbons (Fsp3) is 0.100. The lowest BCUT2D eigenvalue weighted by Gasteiger charge is -2.07. The van der Waals surface area contributed by atoms with Crippen LogP contribution in [0.25, 0.3) is 0 Å². The Balaban J connectivity index is 2.38. The molecular formula is C10H8BrClFN3. The van der Waals surface area contributed by atoms with Gasteiger partial charge in [-0.05, 0) is 28.1 Å². The molecule has 0 aliphatic carbocycles. The van der Waals surface area contributed by atoms with E-state index in [-0.39, 0.29) is 12.4 Å². The summed E-state index contributed by atoms with van der Waals surface area (Å²) < 4.78 is 15.7. The number of hydrogen-bond donors (Lipinski definition) is 1. The molecule has 0 aliphatic heterocycles. The summed E-state index contributed by atoms with van der Waals surface area (Å²) in [5.41, 5.74) is 6.12. The van der Waals surface area contributed by atoms with Crippen LogP contribution in [0, 0.1) is 5.82 Å². The van der Waals surface area contributed by atoms with Crippen LogP contribution < -0.4 is 5.73 Å². The van der Waals surface area contributed by atoms with Gasteiger partial charge in [-0.3, -0.25) is 0 Å². The van der Waals surface area contributed by atoms with Crippen LogP contribution in [0.5, 0.6) is 0 Å². The maximum Gasteiger partial charge on any atom is 0.136 e. The van der Waals surface area contributed by atoms with Gasteiger partial charge in [-0.2, -0.15) is 5.10 Å². The molecule has 84 valence electrons. The molecule has 0 atom stereocenters. The van der Waals surface area contributed by atoms with E-state index in [2.05, 4.69) is 21.0 Å². The molecule has 2 rings (SSSR count). The minimum Gasteiger partial charge on any atom is -0.383 e. The Morgan fingerprint density at radius 1 is 1.50 bits per heavy atom. The van der Waals surface area contributed by atoms with Crippen molar-refractivity contribution in [1.29, 1.82) is 0 Å². The summed E-state index contributed by atoms with van der Waals surface area (Å²) in [7, 11) is 0. The van der Waals surface area contributed by atoms with Crippen LogP contribution in [0.15, 0.2) is 28.9 Å². The Morgan fingerprint density at radius 2 is 2.25 bits per heavy atom. The fourth-order valence-corrected chi connectivity index (χ4v) is 1.85. The summed E-state index contributed by atoms with van der Waals surface area (Å²) in [4.78, 5) is 0. The smallest absolute Gasteiger partial charge is 0.136 e. The van der Waals surface area contributed by atoms with Crippen molar-refractivity contribution in [3.8, 4) is 0 Å². The molecule has 16 heavy (non-hydrogen) atoms. The maximum absolute atomic E-state index is 13.5. The van der Waals surface area contributed by atoms with Gasteiger partial charge in [-0.25, -0.2) is 9.07 Å². The Hall–Kier alpha value is -1.07. The lowest BCUT2D eigenvalue weighted by molar-refractivity contribution is 0.588. The second-order valence-corrected chi connectivity index (χ2v) is 4.50. The Labute approximate surface area is 105 Å². The maximum atomic E-state index is 13.5. The van der Waals surface area contributed by atoms with Gasteiger partial charge in [0.2, 0.25) is 0 Å². The molecule has 1 heterocycles. The van der Waals surface area contributed by atoms with Crippen LogP contribution in [-0.4, -0.2) is 9.78 Å². The number of nitrogen functional groups attached to an aromatic ring is 1. The molecule has 0 unspecified atom stereocenters. The molecule has 0 saturated carbocycles. The third kappa shape index (κ3) is 2.05. The Bertz CT molecular complexity index is 507. The molecule has 0 radical (unpaired) electrons. The van der Waals surface area contributed by atoms with Gasteiger partial charge in [0.05, 0.1) is 17.2 Å². The van der Waals surface area contributed by atoms with E-state index < -0.39 is 0 Å². The topological polar surface area (TPSA) is 43.8 Å². The molecule has 0 fully saturated rings. The zero-order chi connectivity index (χ0) is 11.7. The van der Waals surface area contributed by atoms with E-state index in [1.165, 1.54) is 10.7 Å². The van der Waals surface area contributed by atoms with Crippen LogP contribution in [0.3, 0.4) is 0 Å². The van der Waals surface area contributed by atoms with Crippen molar-refractivity contribution >= 4 is 33.3 Å². The van der Waals surface area contributed by atoms with Gasteiger partial charge in [0.1, 0.15) is 11.6 Å². The van der Waals surface area contributed by atoms with Gasteiger partial charge in [0, 0.05) is 10.6 Å². The van der Waals surface area contributed by atoms with Crippen molar-refractivity contribution in [3.05, 3.63) is 45.3 Å². The number of hydrogen-bond acceptors (Lipinski definition) is 2. The van der Waals surface area contributed by atoms with E-state index in [9.17, 15) is 4.39 Å². The van der Waals surface area contributed by atoms with E-state index in [0.717, 1.165) is 0 Å². The summed E-state index contributed by atoms with van der Waals surface area (Å²) in [5, 5.41) is 4.38. The molecule has 0 bridgehead atoms. The third-order valence-electron chi connectivity index (χ3n) is 2.20. The zero-order valence-electron chi connectivity index (χ0n) is 8.12. The molecule has 2 aromatic rings. The van der Waals surface area contributed by atoms with Gasteiger partial charge in [0.25, 0.3) is 0 Å². The number of halogens is 3. The highest BCUT2D eigenvalue weighted by Crippen LogP contribution is 2.23. The number of nitrogens with zero attached hydrogens (tertiary/aromatic N) is 2. The second kappa shape index (κ2) is 4.43. The second-order valence-electron chi connectivity index (χ2n) is 3.24. The minimum absolute atomic E-state index is 0.211. The van der Waals surface area contributed by atoms with E-state index in [0.29, 0.717) is 20.9 Å². The molecular weight excluding hydrogens is 296 g/mol. The van der Waals surface area contributed by atoms with Crippen LogP contribution in [0.2, 0.25) is 5.02 Å². The van der Waals surface area contributed by atoms with Crippen LogP contribution in [0.1, 0.15) is 5.56 Å². The largest absolute Gasteiger partial charge is 0.383 e. The lowest BCUT2D eigenvalue weighted by Crippen LogP contribution is -2.07. The highest BCUT2D eigenvalue weighted by atomic mass is 79.9. The van der Waals surface area contributed by atoms with Crippen molar-refractivity contribution in [3.63, 3.8) is 0 Å². The highest BCUT2D eigenvalue weighted by Gasteiger charge is 2.11. The first kappa shape index (κ1) is 11.4. The van der Waals surface area contributed by atoms with Crippen LogP contribution in [-0.2, 0) is 6.54 Å². The summed E-state index contributed by atoms with van der Waals surface area (Å²) in [5.74, 6) is 0.0813. The molecule has 0 aliphatic rings. The summed E-state index contributed by atoms with van der Waals surface area (Å²) in [6.45, 7) is 0.211. The van der Waals surface area contributed by atoms with Crippen molar-refractivity contribution in [2.45, 2.75) is 6.54 Å². The molecule has 0 spiro atoms. The molecule has 1 aromatic carbocycles. The van der Waals surface area contributed by atoms with Gasteiger partial charge >= 0.3 is 0 Å². The first-order valence-corrected chi connectivity index (χ1v) is 5.66. The standard InChI is InChI=1S/C10H8BrClFN3/c11-7-4-15-16(10(7)14)5-6-8(12)2-1-3-9(6)13/h1-4H,5,14H2. The van der Waals surface area contributed by atoms with Crippen LogP contribution >= 0.6 is 27.5 Å². The number of nitrogens with two attached hydrogens (primary N) is 1. The molecule has 1 aromatic heterocycles. The van der Waals surface area contributed by atoms with E-state index in [1.807, 2.05) is 0 Å². The quantitative estimate of drug-likeness (QED) is 0.926. The number of aromatic nitrogens is 2. The average molecular weight is 305 g/mol.